The lowest BCUT2D eigenvalue weighted by atomic mass is 9.90. The van der Waals surface area contributed by atoms with Gasteiger partial charge in [0, 0.05) is 11.1 Å². The second-order valence-corrected chi connectivity index (χ2v) is 8.09. The quantitative estimate of drug-likeness (QED) is 0.389. The fraction of sp³-hybridized carbons (Fsp3) is 0.520. The van der Waals surface area contributed by atoms with Crippen LogP contribution in [0.1, 0.15) is 70.5 Å². The third-order valence-corrected chi connectivity index (χ3v) is 5.75. The molecule has 2 aromatic rings. The molecule has 0 aliphatic carbocycles. The second-order valence-electron chi connectivity index (χ2n) is 8.09. The van der Waals surface area contributed by atoms with Gasteiger partial charge in [0.15, 0.2) is 23.2 Å². The van der Waals surface area contributed by atoms with Crippen LogP contribution in [0.3, 0.4) is 0 Å². The lowest BCUT2D eigenvalue weighted by molar-refractivity contribution is -0.0218. The van der Waals surface area contributed by atoms with E-state index in [1.807, 2.05) is 6.92 Å². The Morgan fingerprint density at radius 1 is 0.967 bits per heavy atom. The second kappa shape index (κ2) is 10.9. The molecule has 1 fully saturated rings. The summed E-state index contributed by atoms with van der Waals surface area (Å²) in [6.07, 6.45) is 6.68. The van der Waals surface area contributed by atoms with Crippen molar-refractivity contribution >= 4 is 0 Å². The molecule has 0 amide bonds. The van der Waals surface area contributed by atoms with Crippen molar-refractivity contribution < 1.29 is 22.6 Å². The minimum Gasteiger partial charge on any atom is -0.491 e. The lowest BCUT2D eigenvalue weighted by Crippen LogP contribution is -2.21. The van der Waals surface area contributed by atoms with Gasteiger partial charge in [0.25, 0.3) is 0 Å². The van der Waals surface area contributed by atoms with Crippen LogP contribution in [0.2, 0.25) is 0 Å². The Kier molecular flexibility index (Phi) is 8.20. The lowest BCUT2D eigenvalue weighted by Gasteiger charge is -2.29. The highest BCUT2D eigenvalue weighted by molar-refractivity contribution is 5.66. The molecule has 1 aliphatic rings. The number of benzene rings is 2. The van der Waals surface area contributed by atoms with Crippen molar-refractivity contribution in [2.45, 2.75) is 64.9 Å². The average Bonchev–Trinajstić information content (AvgIpc) is 2.75. The van der Waals surface area contributed by atoms with Crippen LogP contribution in [0, 0.1) is 23.4 Å². The Labute approximate surface area is 177 Å². The van der Waals surface area contributed by atoms with Crippen molar-refractivity contribution in [1.29, 1.82) is 0 Å². The van der Waals surface area contributed by atoms with Crippen molar-refractivity contribution in [3.05, 3.63) is 53.3 Å². The van der Waals surface area contributed by atoms with E-state index in [-0.39, 0.29) is 22.4 Å². The highest BCUT2D eigenvalue weighted by Crippen LogP contribution is 2.37. The van der Waals surface area contributed by atoms with E-state index in [4.69, 9.17) is 9.47 Å². The number of ether oxygens (including phenoxy) is 2. The van der Waals surface area contributed by atoms with Crippen LogP contribution in [-0.2, 0) is 4.74 Å². The average molecular weight is 421 g/mol. The number of unbranched alkanes of at least 4 members (excludes halogenated alkanes) is 2. The normalized spacial score (nSPS) is 19.1. The molecule has 2 unspecified atom stereocenters. The van der Waals surface area contributed by atoms with E-state index < -0.39 is 23.6 Å². The van der Waals surface area contributed by atoms with Gasteiger partial charge in [-0.1, -0.05) is 51.3 Å². The van der Waals surface area contributed by atoms with Gasteiger partial charge in [0.2, 0.25) is 0 Å². The number of halogens is 3. The van der Waals surface area contributed by atoms with Gasteiger partial charge in [0.1, 0.15) is 0 Å². The van der Waals surface area contributed by atoms with Crippen LogP contribution in [0.4, 0.5) is 13.2 Å². The fourth-order valence-electron chi connectivity index (χ4n) is 4.00. The maximum atomic E-state index is 14.9. The summed E-state index contributed by atoms with van der Waals surface area (Å²) in [5.41, 5.74) is 0.553. The predicted octanol–water partition coefficient (Wildman–Crippen LogP) is 7.61. The molecule has 1 heterocycles. The van der Waals surface area contributed by atoms with Crippen molar-refractivity contribution in [1.82, 2.24) is 0 Å². The largest absolute Gasteiger partial charge is 0.491 e. The number of hydrogen-bond donors (Lipinski definition) is 0. The minimum absolute atomic E-state index is 0.0328. The van der Waals surface area contributed by atoms with Crippen molar-refractivity contribution in [3.8, 4) is 16.9 Å². The smallest absolute Gasteiger partial charge is 0.167 e. The third-order valence-electron chi connectivity index (χ3n) is 5.75. The molecule has 1 saturated heterocycles. The molecule has 2 aromatic carbocycles. The highest BCUT2D eigenvalue weighted by atomic mass is 19.2. The van der Waals surface area contributed by atoms with E-state index in [1.165, 1.54) is 37.5 Å². The maximum absolute atomic E-state index is 14.9. The molecule has 30 heavy (non-hydrogen) atoms. The maximum Gasteiger partial charge on any atom is 0.167 e. The first-order valence-electron chi connectivity index (χ1n) is 11.1. The van der Waals surface area contributed by atoms with Gasteiger partial charge in [-0.15, -0.1) is 0 Å². The first-order chi connectivity index (χ1) is 14.5. The van der Waals surface area contributed by atoms with Crippen molar-refractivity contribution in [2.24, 2.45) is 5.92 Å². The summed E-state index contributed by atoms with van der Waals surface area (Å²) in [7, 11) is 0. The summed E-state index contributed by atoms with van der Waals surface area (Å²) >= 11 is 0. The predicted molar refractivity (Wildman–Crippen MR) is 113 cm³/mol. The van der Waals surface area contributed by atoms with Gasteiger partial charge in [0.05, 0.1) is 19.3 Å². The Morgan fingerprint density at radius 2 is 1.80 bits per heavy atom. The molecule has 1 aliphatic heterocycles. The van der Waals surface area contributed by atoms with Gasteiger partial charge < -0.3 is 9.47 Å². The summed E-state index contributed by atoms with van der Waals surface area (Å²) in [5, 5.41) is 0. The molecule has 2 atom stereocenters. The fourth-order valence-corrected chi connectivity index (χ4v) is 4.00. The number of rotatable bonds is 9. The van der Waals surface area contributed by atoms with Crippen LogP contribution in [0.5, 0.6) is 5.75 Å². The minimum atomic E-state index is -0.970. The Morgan fingerprint density at radius 3 is 2.47 bits per heavy atom. The zero-order valence-corrected chi connectivity index (χ0v) is 17.9. The zero-order chi connectivity index (χ0) is 21.5. The molecule has 0 aromatic heterocycles. The summed E-state index contributed by atoms with van der Waals surface area (Å²) in [6, 6.07) is 7.25. The summed E-state index contributed by atoms with van der Waals surface area (Å²) < 4.78 is 55.1. The summed E-state index contributed by atoms with van der Waals surface area (Å²) in [5.74, 6) is -1.86. The molecule has 0 saturated carbocycles. The van der Waals surface area contributed by atoms with Crippen LogP contribution < -0.4 is 4.74 Å². The topological polar surface area (TPSA) is 18.5 Å². The molecule has 5 heteroatoms. The first kappa shape index (κ1) is 22.7. The van der Waals surface area contributed by atoms with Crippen LogP contribution in [0.15, 0.2) is 30.3 Å². The van der Waals surface area contributed by atoms with Crippen LogP contribution in [0.25, 0.3) is 11.1 Å². The van der Waals surface area contributed by atoms with E-state index in [0.29, 0.717) is 25.6 Å². The van der Waals surface area contributed by atoms with Gasteiger partial charge in [-0.05, 0) is 49.3 Å². The summed E-state index contributed by atoms with van der Waals surface area (Å²) in [6.45, 7) is 5.09. The monoisotopic (exact) mass is 420 g/mol. The number of hydrogen-bond acceptors (Lipinski definition) is 2. The van der Waals surface area contributed by atoms with Crippen LogP contribution >= 0.6 is 0 Å². The summed E-state index contributed by atoms with van der Waals surface area (Å²) in [4.78, 5) is 0. The van der Waals surface area contributed by atoms with Crippen molar-refractivity contribution in [3.63, 3.8) is 0 Å². The van der Waals surface area contributed by atoms with Gasteiger partial charge >= 0.3 is 0 Å². The molecule has 0 spiro atoms. The van der Waals surface area contributed by atoms with E-state index in [1.54, 1.807) is 12.1 Å². The highest BCUT2D eigenvalue weighted by Gasteiger charge is 2.27. The molecule has 3 rings (SSSR count). The molecular formula is C25H31F3O2. The molecule has 164 valence electrons. The Hall–Kier alpha value is -2.01. The molecule has 2 nitrogen and oxygen atoms in total. The van der Waals surface area contributed by atoms with E-state index in [2.05, 4.69) is 6.92 Å². The van der Waals surface area contributed by atoms with Gasteiger partial charge in [-0.25, -0.2) is 13.2 Å². The van der Waals surface area contributed by atoms with Gasteiger partial charge in [-0.2, -0.15) is 0 Å². The SMILES string of the molecule is CCCCCC1CCC(c2ccc(-c3ccc(OCCC)c(F)c3)c(F)c2F)OC1. The Bertz CT molecular complexity index is 829. The standard InChI is InChI=1S/C25H31F3O2/c1-3-5-6-7-17-8-12-22(30-16-17)20-11-10-19(24(27)25(20)28)18-9-13-23(21(26)15-18)29-14-4-2/h9-11,13,15,17,22H,3-8,12,14,16H2,1-2H3. The van der Waals surface area contributed by atoms with E-state index in [0.717, 1.165) is 19.3 Å². The van der Waals surface area contributed by atoms with Crippen molar-refractivity contribution in [2.75, 3.05) is 13.2 Å². The van der Waals surface area contributed by atoms with E-state index in [9.17, 15) is 13.2 Å². The molecule has 0 bridgehead atoms. The van der Waals surface area contributed by atoms with Crippen LogP contribution in [-0.4, -0.2) is 13.2 Å². The van der Waals surface area contributed by atoms with Gasteiger partial charge in [-0.3, -0.25) is 0 Å². The van der Waals surface area contributed by atoms with E-state index >= 15 is 0 Å². The third kappa shape index (κ3) is 5.37. The molecular weight excluding hydrogens is 389 g/mol. The molecule has 0 radical (unpaired) electrons. The molecule has 0 N–H and O–H groups in total. The zero-order valence-electron chi connectivity index (χ0n) is 17.9. The Balaban J connectivity index is 1.71. The first-order valence-corrected chi connectivity index (χ1v) is 11.1.